The zero-order chi connectivity index (χ0) is 23.0. The molecular formula is C29H43ClN2. The first-order valence-corrected chi connectivity index (χ1v) is 12.2. The summed E-state index contributed by atoms with van der Waals surface area (Å²) in [5.74, 6) is 1.97. The van der Waals surface area contributed by atoms with Crippen LogP contribution in [0, 0.1) is 0 Å². The van der Waals surface area contributed by atoms with Crippen LogP contribution in [0.3, 0.4) is 0 Å². The average molecular weight is 455 g/mol. The molecule has 0 saturated carbocycles. The summed E-state index contributed by atoms with van der Waals surface area (Å²) in [4.78, 5) is 2.57. The van der Waals surface area contributed by atoms with E-state index in [0.717, 1.165) is 0 Å². The van der Waals surface area contributed by atoms with E-state index < -0.39 is 0 Å². The van der Waals surface area contributed by atoms with Gasteiger partial charge in [0, 0.05) is 22.3 Å². The van der Waals surface area contributed by atoms with Gasteiger partial charge < -0.3 is 12.4 Å². The maximum absolute atomic E-state index is 2.57. The fourth-order valence-corrected chi connectivity index (χ4v) is 4.95. The lowest BCUT2D eigenvalue weighted by Crippen LogP contribution is -3.00. The van der Waals surface area contributed by atoms with Gasteiger partial charge in [0.1, 0.15) is 23.5 Å². The van der Waals surface area contributed by atoms with E-state index in [-0.39, 0.29) is 12.4 Å². The van der Waals surface area contributed by atoms with Crippen molar-refractivity contribution in [3.63, 3.8) is 0 Å². The monoisotopic (exact) mass is 454 g/mol. The maximum atomic E-state index is 2.57. The standard InChI is InChI=1S/C29H43N2.ClH/c1-18(2)24-13-11-14-25(19(3)4)28(24)30-17-31(23(10)22(30)9)29-26(20(5)6)15-12-16-27(29)21(7)8;/h11-23H,1-10H3;1H/q+1;/p-1. The van der Waals surface area contributed by atoms with Crippen molar-refractivity contribution in [3.8, 4) is 0 Å². The Morgan fingerprint density at radius 2 is 1.03 bits per heavy atom. The number of benzene rings is 2. The van der Waals surface area contributed by atoms with Crippen molar-refractivity contribution in [1.29, 1.82) is 0 Å². The van der Waals surface area contributed by atoms with Gasteiger partial charge in [-0.15, -0.1) is 0 Å². The number of rotatable bonds is 6. The quantitative estimate of drug-likeness (QED) is 0.547. The molecule has 0 N–H and O–H groups in total. The van der Waals surface area contributed by atoms with Crippen LogP contribution in [0.25, 0.3) is 0 Å². The van der Waals surface area contributed by atoms with Gasteiger partial charge in [-0.1, -0.05) is 91.8 Å². The van der Waals surface area contributed by atoms with Gasteiger partial charge in [-0.05, 0) is 37.5 Å². The second-order valence-corrected chi connectivity index (χ2v) is 10.6. The van der Waals surface area contributed by atoms with Crippen molar-refractivity contribution < 1.29 is 17.0 Å². The van der Waals surface area contributed by atoms with E-state index in [0.29, 0.717) is 35.8 Å². The van der Waals surface area contributed by atoms with Crippen molar-refractivity contribution in [1.82, 2.24) is 0 Å². The zero-order valence-electron chi connectivity index (χ0n) is 21.8. The van der Waals surface area contributed by atoms with Crippen molar-refractivity contribution in [2.45, 2.75) is 105 Å². The molecule has 2 atom stereocenters. The fraction of sp³-hybridized carbons (Fsp3) is 0.552. The van der Waals surface area contributed by atoms with Gasteiger partial charge in [0.25, 0.3) is 0 Å². The molecule has 0 bridgehead atoms. The Morgan fingerprint density at radius 3 is 1.41 bits per heavy atom. The molecule has 0 saturated heterocycles. The molecule has 2 nitrogen and oxygen atoms in total. The van der Waals surface area contributed by atoms with Crippen LogP contribution in [0.4, 0.5) is 11.4 Å². The van der Waals surface area contributed by atoms with Gasteiger partial charge in [-0.2, -0.15) is 0 Å². The molecule has 0 fully saturated rings. The molecule has 1 aliphatic heterocycles. The van der Waals surface area contributed by atoms with E-state index in [1.54, 1.807) is 0 Å². The molecule has 2 unspecified atom stereocenters. The molecule has 0 amide bonds. The Bertz CT molecular complexity index is 903. The molecule has 1 heterocycles. The fourth-order valence-electron chi connectivity index (χ4n) is 4.95. The van der Waals surface area contributed by atoms with Gasteiger partial charge in [-0.3, -0.25) is 0 Å². The summed E-state index contributed by atoms with van der Waals surface area (Å²) in [6.45, 7) is 23.3. The van der Waals surface area contributed by atoms with Gasteiger partial charge in [-0.25, -0.2) is 9.48 Å². The lowest BCUT2D eigenvalue weighted by molar-refractivity contribution is -0.469. The molecule has 0 aliphatic carbocycles. The average Bonchev–Trinajstić information content (AvgIpc) is 3.00. The molecular weight excluding hydrogens is 412 g/mol. The number of halogens is 1. The minimum atomic E-state index is 0. The maximum Gasteiger partial charge on any atom is 0.245 e. The van der Waals surface area contributed by atoms with E-state index in [1.165, 1.54) is 33.6 Å². The third-order valence-corrected chi connectivity index (χ3v) is 7.03. The second kappa shape index (κ2) is 10.4. The normalized spacial score (nSPS) is 18.7. The highest BCUT2D eigenvalue weighted by atomic mass is 35.5. The molecule has 1 aliphatic rings. The Morgan fingerprint density at radius 1 is 0.656 bits per heavy atom. The van der Waals surface area contributed by atoms with Gasteiger partial charge in [0.15, 0.2) is 0 Å². The number of hydrogen-bond donors (Lipinski definition) is 0. The lowest BCUT2D eigenvalue weighted by atomic mass is 9.91. The largest absolute Gasteiger partial charge is 1.00 e. The predicted molar refractivity (Wildman–Crippen MR) is 137 cm³/mol. The summed E-state index contributed by atoms with van der Waals surface area (Å²) in [6, 6.07) is 14.6. The van der Waals surface area contributed by atoms with Gasteiger partial charge in [0.05, 0.1) is 0 Å². The van der Waals surface area contributed by atoms with Crippen LogP contribution in [0.2, 0.25) is 0 Å². The lowest BCUT2D eigenvalue weighted by Gasteiger charge is -2.24. The molecule has 2 aromatic carbocycles. The van der Waals surface area contributed by atoms with E-state index >= 15 is 0 Å². The highest BCUT2D eigenvalue weighted by molar-refractivity contribution is 5.84. The Kier molecular flexibility index (Phi) is 8.62. The molecule has 3 heteroatoms. The van der Waals surface area contributed by atoms with Gasteiger partial charge in [0.2, 0.25) is 6.34 Å². The molecule has 32 heavy (non-hydrogen) atoms. The van der Waals surface area contributed by atoms with Crippen LogP contribution in [0.15, 0.2) is 36.4 Å². The Labute approximate surface area is 203 Å². The third kappa shape index (κ3) is 4.76. The summed E-state index contributed by atoms with van der Waals surface area (Å²) in [6.07, 6.45) is 2.41. The Balaban J connectivity index is 0.00000363. The van der Waals surface area contributed by atoms with Crippen LogP contribution in [0.1, 0.15) is 115 Å². The molecule has 176 valence electrons. The number of para-hydroxylation sites is 2. The smallest absolute Gasteiger partial charge is 0.245 e. The van der Waals surface area contributed by atoms with Crippen LogP contribution >= 0.6 is 0 Å². The van der Waals surface area contributed by atoms with Crippen LogP contribution in [0.5, 0.6) is 0 Å². The van der Waals surface area contributed by atoms with Crippen molar-refractivity contribution in [2.24, 2.45) is 0 Å². The van der Waals surface area contributed by atoms with Crippen molar-refractivity contribution >= 4 is 17.7 Å². The van der Waals surface area contributed by atoms with Crippen LogP contribution in [-0.2, 0) is 0 Å². The third-order valence-electron chi connectivity index (χ3n) is 7.03. The number of anilines is 1. The summed E-state index contributed by atoms with van der Waals surface area (Å²) >= 11 is 0. The van der Waals surface area contributed by atoms with Crippen molar-refractivity contribution in [3.05, 3.63) is 58.7 Å². The minimum absolute atomic E-state index is 0. The number of hydrogen-bond acceptors (Lipinski definition) is 1. The predicted octanol–water partition coefficient (Wildman–Crippen LogP) is 5.15. The molecule has 3 rings (SSSR count). The summed E-state index contributed by atoms with van der Waals surface area (Å²) in [5, 5.41) is 0. The minimum Gasteiger partial charge on any atom is -1.00 e. The Hall–Kier alpha value is -1.80. The van der Waals surface area contributed by atoms with Crippen molar-refractivity contribution in [2.75, 3.05) is 4.90 Å². The highest BCUT2D eigenvalue weighted by Crippen LogP contribution is 2.41. The van der Waals surface area contributed by atoms with E-state index in [1.807, 2.05) is 0 Å². The second-order valence-electron chi connectivity index (χ2n) is 10.6. The molecule has 2 aromatic rings. The highest BCUT2D eigenvalue weighted by Gasteiger charge is 2.41. The molecule has 0 spiro atoms. The number of nitrogens with zero attached hydrogens (tertiary/aromatic N) is 2. The van der Waals surface area contributed by atoms with Crippen LogP contribution in [-0.4, -0.2) is 23.0 Å². The first kappa shape index (κ1) is 26.5. The zero-order valence-corrected chi connectivity index (χ0v) is 22.5. The van der Waals surface area contributed by atoms with Crippen LogP contribution < -0.4 is 17.3 Å². The topological polar surface area (TPSA) is 6.25 Å². The van der Waals surface area contributed by atoms with E-state index in [2.05, 4.69) is 121 Å². The first-order valence-electron chi connectivity index (χ1n) is 12.2. The summed E-state index contributed by atoms with van der Waals surface area (Å²) in [7, 11) is 0. The SMILES string of the molecule is CC(C)c1cccc(C(C)C)c1N1C=[N+](c2c(C(C)C)cccc2C(C)C)C(C)C1C.[Cl-]. The van der Waals surface area contributed by atoms with Gasteiger partial charge >= 0.3 is 0 Å². The van der Waals surface area contributed by atoms with E-state index in [4.69, 9.17) is 0 Å². The molecule has 0 aromatic heterocycles. The summed E-state index contributed by atoms with van der Waals surface area (Å²) < 4.78 is 2.57. The first-order chi connectivity index (χ1) is 14.6. The van der Waals surface area contributed by atoms with E-state index in [9.17, 15) is 0 Å². The summed E-state index contributed by atoms with van der Waals surface area (Å²) in [5.41, 5.74) is 8.63. The molecule has 0 radical (unpaired) electrons.